The minimum absolute atomic E-state index is 0.00243. The van der Waals surface area contributed by atoms with Crippen molar-refractivity contribution in [3.05, 3.63) is 80.3 Å². The highest BCUT2D eigenvalue weighted by atomic mass is 35.5. The van der Waals surface area contributed by atoms with E-state index < -0.39 is 17.6 Å². The number of nitrogens with one attached hydrogen (secondary N) is 2. The van der Waals surface area contributed by atoms with Gasteiger partial charge in [-0.2, -0.15) is 5.26 Å². The van der Waals surface area contributed by atoms with Crippen LogP contribution in [0.25, 0.3) is 0 Å². The SMILES string of the molecule is Cc1cc(C(N)=O)[nH]c1C(=O)NCc1ccc(Cl)c(Oc2cc(Cl)cc(C#N)c2)c1F. The molecule has 0 spiro atoms. The fourth-order valence-corrected chi connectivity index (χ4v) is 3.21. The normalized spacial score (nSPS) is 10.4. The number of benzene rings is 2. The second-order valence-electron chi connectivity index (χ2n) is 6.53. The lowest BCUT2D eigenvalue weighted by molar-refractivity contribution is 0.0945. The first-order valence-corrected chi connectivity index (χ1v) is 9.58. The van der Waals surface area contributed by atoms with Crippen LogP contribution in [0.15, 0.2) is 36.4 Å². The third kappa shape index (κ3) is 4.97. The summed E-state index contributed by atoms with van der Waals surface area (Å²) in [7, 11) is 0. The summed E-state index contributed by atoms with van der Waals surface area (Å²) in [6, 6.07) is 10.4. The Bertz CT molecular complexity index is 1230. The van der Waals surface area contributed by atoms with Crippen LogP contribution in [0.2, 0.25) is 10.0 Å². The van der Waals surface area contributed by atoms with E-state index in [4.69, 9.17) is 38.9 Å². The number of halogens is 3. The van der Waals surface area contributed by atoms with Crippen molar-refractivity contribution in [3.8, 4) is 17.6 Å². The summed E-state index contributed by atoms with van der Waals surface area (Å²) < 4.78 is 20.5. The maximum Gasteiger partial charge on any atom is 0.268 e. The molecule has 2 aromatic carbocycles. The number of carbonyl (C=O) groups excluding carboxylic acids is 2. The highest BCUT2D eigenvalue weighted by Gasteiger charge is 2.18. The topological polar surface area (TPSA) is 121 Å². The molecule has 0 aliphatic heterocycles. The van der Waals surface area contributed by atoms with Crippen LogP contribution in [-0.4, -0.2) is 16.8 Å². The van der Waals surface area contributed by atoms with E-state index in [2.05, 4.69) is 10.3 Å². The molecule has 0 bridgehead atoms. The van der Waals surface area contributed by atoms with Gasteiger partial charge in [0.2, 0.25) is 0 Å². The number of nitrogens with zero attached hydrogens (tertiary/aromatic N) is 1. The molecule has 1 heterocycles. The first kappa shape index (κ1) is 22.2. The average Bonchev–Trinajstić information content (AvgIpc) is 3.12. The second kappa shape index (κ2) is 9.08. The third-order valence-electron chi connectivity index (χ3n) is 4.30. The summed E-state index contributed by atoms with van der Waals surface area (Å²) >= 11 is 12.0. The molecule has 0 radical (unpaired) electrons. The van der Waals surface area contributed by atoms with Crippen LogP contribution in [0.5, 0.6) is 11.5 Å². The summed E-state index contributed by atoms with van der Waals surface area (Å²) in [6.07, 6.45) is 0. The van der Waals surface area contributed by atoms with Gasteiger partial charge in [0.25, 0.3) is 11.8 Å². The summed E-state index contributed by atoms with van der Waals surface area (Å²) in [5, 5.41) is 11.8. The van der Waals surface area contributed by atoms with E-state index in [-0.39, 0.29) is 50.6 Å². The molecule has 0 saturated heterocycles. The van der Waals surface area contributed by atoms with E-state index in [0.717, 1.165) is 0 Å². The van der Waals surface area contributed by atoms with Crippen molar-refractivity contribution in [1.82, 2.24) is 10.3 Å². The van der Waals surface area contributed by atoms with Crippen LogP contribution >= 0.6 is 23.2 Å². The van der Waals surface area contributed by atoms with Crippen molar-refractivity contribution in [2.45, 2.75) is 13.5 Å². The molecule has 0 aliphatic rings. The van der Waals surface area contributed by atoms with Crippen molar-refractivity contribution >= 4 is 35.0 Å². The number of aromatic nitrogens is 1. The molecule has 2 amide bonds. The quantitative estimate of drug-likeness (QED) is 0.502. The Balaban J connectivity index is 1.81. The summed E-state index contributed by atoms with van der Waals surface area (Å²) in [4.78, 5) is 26.3. The summed E-state index contributed by atoms with van der Waals surface area (Å²) in [5.41, 5.74) is 6.29. The van der Waals surface area contributed by atoms with E-state index in [1.54, 1.807) is 6.92 Å². The van der Waals surface area contributed by atoms with Gasteiger partial charge in [0.05, 0.1) is 16.7 Å². The molecular weight excluding hydrogens is 446 g/mol. The number of amides is 2. The number of carbonyl (C=O) groups is 2. The van der Waals surface area contributed by atoms with Crippen LogP contribution < -0.4 is 15.8 Å². The summed E-state index contributed by atoms with van der Waals surface area (Å²) in [5.74, 6) is -2.17. The molecule has 0 atom stereocenters. The van der Waals surface area contributed by atoms with Crippen LogP contribution in [0.4, 0.5) is 4.39 Å². The molecule has 7 nitrogen and oxygen atoms in total. The zero-order valence-electron chi connectivity index (χ0n) is 16.1. The number of rotatable bonds is 6. The second-order valence-corrected chi connectivity index (χ2v) is 7.37. The molecule has 10 heteroatoms. The molecule has 158 valence electrons. The van der Waals surface area contributed by atoms with E-state index >= 15 is 4.39 Å². The minimum Gasteiger partial charge on any atom is -0.453 e. The molecule has 0 aliphatic carbocycles. The highest BCUT2D eigenvalue weighted by Crippen LogP contribution is 2.35. The van der Waals surface area contributed by atoms with Gasteiger partial charge in [-0.25, -0.2) is 4.39 Å². The van der Waals surface area contributed by atoms with E-state index in [1.165, 1.54) is 36.4 Å². The maximum atomic E-state index is 15.0. The molecule has 0 unspecified atom stereocenters. The number of hydrogen-bond donors (Lipinski definition) is 3. The number of aryl methyl sites for hydroxylation is 1. The van der Waals surface area contributed by atoms with Crippen LogP contribution in [0, 0.1) is 24.1 Å². The number of aromatic amines is 1. The van der Waals surface area contributed by atoms with Crippen molar-refractivity contribution in [2.24, 2.45) is 5.73 Å². The number of ether oxygens (including phenoxy) is 1. The van der Waals surface area contributed by atoms with E-state index in [0.29, 0.717) is 5.56 Å². The zero-order valence-corrected chi connectivity index (χ0v) is 17.6. The van der Waals surface area contributed by atoms with Crippen molar-refractivity contribution in [3.63, 3.8) is 0 Å². The zero-order chi connectivity index (χ0) is 22.7. The van der Waals surface area contributed by atoms with Crippen LogP contribution in [0.3, 0.4) is 0 Å². The Morgan fingerprint density at radius 2 is 2.00 bits per heavy atom. The number of H-pyrrole nitrogens is 1. The monoisotopic (exact) mass is 460 g/mol. The van der Waals surface area contributed by atoms with Crippen molar-refractivity contribution < 1.29 is 18.7 Å². The third-order valence-corrected chi connectivity index (χ3v) is 4.81. The molecule has 0 saturated carbocycles. The van der Waals surface area contributed by atoms with Crippen molar-refractivity contribution in [1.29, 1.82) is 5.26 Å². The number of nitriles is 1. The fraction of sp³-hybridized carbons (Fsp3) is 0.0952. The predicted molar refractivity (Wildman–Crippen MR) is 113 cm³/mol. The smallest absolute Gasteiger partial charge is 0.268 e. The van der Waals surface area contributed by atoms with Crippen molar-refractivity contribution in [2.75, 3.05) is 0 Å². The van der Waals surface area contributed by atoms with Gasteiger partial charge in [-0.15, -0.1) is 0 Å². The van der Waals surface area contributed by atoms with Gasteiger partial charge >= 0.3 is 0 Å². The molecule has 31 heavy (non-hydrogen) atoms. The summed E-state index contributed by atoms with van der Waals surface area (Å²) in [6.45, 7) is 1.45. The molecule has 3 rings (SSSR count). The lowest BCUT2D eigenvalue weighted by Crippen LogP contribution is -2.24. The van der Waals surface area contributed by atoms with E-state index in [9.17, 15) is 9.59 Å². The van der Waals surface area contributed by atoms with Crippen LogP contribution in [-0.2, 0) is 6.54 Å². The predicted octanol–water partition coefficient (Wildman–Crippen LogP) is 4.46. The standard InChI is InChI=1S/C21H15Cl2FN4O3/c1-10-4-16(20(26)29)28-18(10)21(30)27-9-12-2-3-15(23)19(17(12)24)31-14-6-11(8-25)5-13(22)7-14/h2-7,28H,9H2,1H3,(H2,26,29)(H,27,30). The van der Waals surface area contributed by atoms with Crippen LogP contribution in [0.1, 0.15) is 37.7 Å². The van der Waals surface area contributed by atoms with Gasteiger partial charge < -0.3 is 20.8 Å². The molecule has 0 fully saturated rings. The Kier molecular flexibility index (Phi) is 6.49. The number of primary amides is 1. The minimum atomic E-state index is -0.785. The number of nitrogens with two attached hydrogens (primary N) is 1. The first-order chi connectivity index (χ1) is 14.7. The Hall–Kier alpha value is -3.54. The van der Waals surface area contributed by atoms with E-state index in [1.807, 2.05) is 6.07 Å². The van der Waals surface area contributed by atoms with Gasteiger partial charge in [-0.3, -0.25) is 9.59 Å². The van der Waals surface area contributed by atoms with Gasteiger partial charge in [-0.05, 0) is 42.8 Å². The Morgan fingerprint density at radius 3 is 2.65 bits per heavy atom. The molecule has 1 aromatic heterocycles. The molecule has 4 N–H and O–H groups in total. The largest absolute Gasteiger partial charge is 0.453 e. The fourth-order valence-electron chi connectivity index (χ4n) is 2.80. The lowest BCUT2D eigenvalue weighted by atomic mass is 10.1. The molecule has 3 aromatic rings. The molecular formula is C21H15Cl2FN4O3. The van der Waals surface area contributed by atoms with Gasteiger partial charge in [0, 0.05) is 17.1 Å². The Morgan fingerprint density at radius 1 is 1.26 bits per heavy atom. The maximum absolute atomic E-state index is 15.0. The highest BCUT2D eigenvalue weighted by molar-refractivity contribution is 6.32. The Labute approximate surface area is 186 Å². The van der Waals surface area contributed by atoms with Gasteiger partial charge in [-0.1, -0.05) is 29.3 Å². The van der Waals surface area contributed by atoms with Gasteiger partial charge in [0.1, 0.15) is 17.1 Å². The number of hydrogen-bond acceptors (Lipinski definition) is 4. The lowest BCUT2D eigenvalue weighted by Gasteiger charge is -2.13. The average molecular weight is 461 g/mol. The first-order valence-electron chi connectivity index (χ1n) is 8.82. The van der Waals surface area contributed by atoms with Gasteiger partial charge in [0.15, 0.2) is 11.6 Å².